The molecule has 1 unspecified atom stereocenters. The highest BCUT2D eigenvalue weighted by atomic mass is 35.5. The average molecular weight is 480 g/mol. The number of H-pyrrole nitrogens is 1. The number of hydrogen-bond acceptors (Lipinski definition) is 4. The van der Waals surface area contributed by atoms with Crippen molar-refractivity contribution in [1.82, 2.24) is 25.3 Å². The van der Waals surface area contributed by atoms with E-state index in [1.54, 1.807) is 11.1 Å². The van der Waals surface area contributed by atoms with Crippen molar-refractivity contribution >= 4 is 34.3 Å². The summed E-state index contributed by atoms with van der Waals surface area (Å²) in [6.07, 6.45) is 2.93. The molecule has 7 nitrogen and oxygen atoms in total. The first-order valence-corrected chi connectivity index (χ1v) is 11.9. The van der Waals surface area contributed by atoms with E-state index in [4.69, 9.17) is 11.6 Å². The van der Waals surface area contributed by atoms with E-state index in [0.717, 1.165) is 29.6 Å². The molecule has 3 fully saturated rings. The Morgan fingerprint density at radius 3 is 2.61 bits per heavy atom. The van der Waals surface area contributed by atoms with Crippen LogP contribution in [0.25, 0.3) is 10.9 Å². The second-order valence-corrected chi connectivity index (χ2v) is 10.2. The second-order valence-electron chi connectivity index (χ2n) is 9.75. The van der Waals surface area contributed by atoms with Gasteiger partial charge in [0.2, 0.25) is 17.7 Å². The summed E-state index contributed by atoms with van der Waals surface area (Å²) in [5.41, 5.74) is 1.78. The van der Waals surface area contributed by atoms with Crippen molar-refractivity contribution in [1.29, 1.82) is 0 Å². The van der Waals surface area contributed by atoms with Gasteiger partial charge in [0, 0.05) is 61.9 Å². The number of amides is 2. The Morgan fingerprint density at radius 1 is 1.15 bits per heavy atom. The van der Waals surface area contributed by atoms with Gasteiger partial charge in [-0.25, -0.2) is 8.78 Å². The third kappa shape index (κ3) is 4.71. The van der Waals surface area contributed by atoms with Crippen LogP contribution in [-0.2, 0) is 16.1 Å². The summed E-state index contributed by atoms with van der Waals surface area (Å²) in [5.74, 6) is -3.09. The normalized spacial score (nSPS) is 24.2. The van der Waals surface area contributed by atoms with Crippen molar-refractivity contribution < 1.29 is 18.4 Å². The lowest BCUT2D eigenvalue weighted by Gasteiger charge is -2.35. The molecule has 1 aromatic heterocycles. The van der Waals surface area contributed by atoms with Crippen molar-refractivity contribution in [2.75, 3.05) is 32.7 Å². The van der Waals surface area contributed by atoms with Gasteiger partial charge in [0.1, 0.15) is 0 Å². The highest BCUT2D eigenvalue weighted by Gasteiger charge is 2.60. The van der Waals surface area contributed by atoms with E-state index in [1.807, 2.05) is 12.1 Å². The minimum atomic E-state index is -2.59. The maximum Gasteiger partial charge on any atom is 0.248 e. The fraction of sp³-hybridized carbons (Fsp3) is 0.609. The Balaban J connectivity index is 1.07. The Labute approximate surface area is 195 Å². The van der Waals surface area contributed by atoms with Crippen molar-refractivity contribution in [3.63, 3.8) is 0 Å². The van der Waals surface area contributed by atoms with E-state index in [2.05, 4.69) is 20.4 Å². The quantitative estimate of drug-likeness (QED) is 0.690. The molecule has 3 aliphatic rings. The van der Waals surface area contributed by atoms with Crippen LogP contribution in [0.4, 0.5) is 8.78 Å². The lowest BCUT2D eigenvalue weighted by molar-refractivity contribution is -0.135. The maximum absolute atomic E-state index is 13.4. The summed E-state index contributed by atoms with van der Waals surface area (Å²) in [7, 11) is 0. The molecule has 0 radical (unpaired) electrons. The van der Waals surface area contributed by atoms with Gasteiger partial charge in [0.15, 0.2) is 0 Å². The van der Waals surface area contributed by atoms with Crippen LogP contribution >= 0.6 is 11.6 Å². The molecule has 2 heterocycles. The maximum atomic E-state index is 13.4. The number of rotatable bonds is 5. The molecule has 1 spiro atoms. The topological polar surface area (TPSA) is 81.3 Å². The van der Waals surface area contributed by atoms with Crippen LogP contribution in [0.15, 0.2) is 18.3 Å². The molecule has 10 heteroatoms. The molecule has 2 saturated carbocycles. The van der Waals surface area contributed by atoms with Crippen LogP contribution in [0.3, 0.4) is 0 Å². The monoisotopic (exact) mass is 479 g/mol. The number of hydrogen-bond donors (Lipinski definition) is 2. The molecule has 2 aromatic rings. The number of benzene rings is 1. The van der Waals surface area contributed by atoms with Crippen molar-refractivity contribution in [2.45, 2.75) is 44.6 Å². The number of aromatic amines is 1. The average Bonchev–Trinajstić information content (AvgIpc) is 3.30. The number of carbonyl (C=O) groups is 2. The summed E-state index contributed by atoms with van der Waals surface area (Å²) in [4.78, 5) is 29.1. The van der Waals surface area contributed by atoms with E-state index in [0.29, 0.717) is 43.9 Å². The van der Waals surface area contributed by atoms with Crippen LogP contribution in [0.1, 0.15) is 37.7 Å². The number of piperazine rings is 1. The number of nitrogens with one attached hydrogen (secondary N) is 2. The van der Waals surface area contributed by atoms with Crippen molar-refractivity contribution in [2.24, 2.45) is 11.3 Å². The van der Waals surface area contributed by atoms with Gasteiger partial charge in [-0.05, 0) is 42.4 Å². The number of alkyl halides is 2. The minimum Gasteiger partial charge on any atom is -0.347 e. The smallest absolute Gasteiger partial charge is 0.248 e. The predicted octanol–water partition coefficient (Wildman–Crippen LogP) is 3.19. The first-order chi connectivity index (χ1) is 15.7. The zero-order valence-electron chi connectivity index (χ0n) is 18.4. The summed E-state index contributed by atoms with van der Waals surface area (Å²) in [6, 6.07) is 3.81. The number of aromatic nitrogens is 2. The number of fused-ring (bicyclic) bond motifs is 1. The first kappa shape index (κ1) is 22.5. The van der Waals surface area contributed by atoms with Gasteiger partial charge in [-0.1, -0.05) is 11.6 Å². The summed E-state index contributed by atoms with van der Waals surface area (Å²) in [5, 5.41) is 11.5. The molecule has 178 valence electrons. The first-order valence-electron chi connectivity index (χ1n) is 11.5. The van der Waals surface area contributed by atoms with Gasteiger partial charge >= 0.3 is 0 Å². The van der Waals surface area contributed by atoms with Gasteiger partial charge in [0.25, 0.3) is 0 Å². The third-order valence-electron chi connectivity index (χ3n) is 7.61. The van der Waals surface area contributed by atoms with E-state index < -0.39 is 5.92 Å². The molecule has 33 heavy (non-hydrogen) atoms. The van der Waals surface area contributed by atoms with E-state index in [1.165, 1.54) is 0 Å². The van der Waals surface area contributed by atoms with Crippen LogP contribution in [0.5, 0.6) is 0 Å². The minimum absolute atomic E-state index is 0.0371. The molecule has 2 amide bonds. The van der Waals surface area contributed by atoms with Crippen LogP contribution in [-0.4, -0.2) is 70.5 Å². The molecular weight excluding hydrogens is 452 g/mol. The fourth-order valence-electron chi connectivity index (χ4n) is 5.39. The number of carbonyl (C=O) groups excluding carboxylic acids is 2. The summed E-state index contributed by atoms with van der Waals surface area (Å²) < 4.78 is 26.8. The Kier molecular flexibility index (Phi) is 5.81. The lowest BCUT2D eigenvalue weighted by atomic mass is 9.82. The predicted molar refractivity (Wildman–Crippen MR) is 120 cm³/mol. The molecule has 5 rings (SSSR count). The van der Waals surface area contributed by atoms with Crippen molar-refractivity contribution in [3.05, 3.63) is 28.9 Å². The SMILES string of the molecule is O=C(NCC(=O)N1CCN(Cc2cc(Cl)cc3cn[nH]c23)CC1)C1CC12CCC(F)(F)CC2. The van der Waals surface area contributed by atoms with Crippen molar-refractivity contribution in [3.8, 4) is 0 Å². The molecular formula is C23H28ClF2N5O2. The molecule has 1 aromatic carbocycles. The summed E-state index contributed by atoms with van der Waals surface area (Å²) in [6.45, 7) is 3.29. The Hall–Kier alpha value is -2.26. The second kappa shape index (κ2) is 8.51. The zero-order chi connectivity index (χ0) is 23.2. The highest BCUT2D eigenvalue weighted by Crippen LogP contribution is 2.63. The summed E-state index contributed by atoms with van der Waals surface area (Å²) >= 11 is 6.23. The largest absolute Gasteiger partial charge is 0.347 e. The molecule has 0 bridgehead atoms. The number of halogens is 3. The van der Waals surface area contributed by atoms with Crippen LogP contribution in [0.2, 0.25) is 5.02 Å². The van der Waals surface area contributed by atoms with E-state index in [-0.39, 0.29) is 42.5 Å². The third-order valence-corrected chi connectivity index (χ3v) is 7.83. The lowest BCUT2D eigenvalue weighted by Crippen LogP contribution is -2.51. The van der Waals surface area contributed by atoms with Gasteiger partial charge in [-0.3, -0.25) is 19.6 Å². The molecule has 2 N–H and O–H groups in total. The van der Waals surface area contributed by atoms with E-state index >= 15 is 0 Å². The molecule has 1 aliphatic heterocycles. The Bertz CT molecular complexity index is 1060. The molecule has 1 atom stereocenters. The zero-order valence-corrected chi connectivity index (χ0v) is 19.1. The standard InChI is InChI=1S/C23H28ClF2N5O2/c24-17-9-15-12-28-29-20(15)16(10-17)14-30-5-7-31(8-6-30)19(32)13-27-21(33)18-11-22(18)1-3-23(25,26)4-2-22/h9-10,12,18H,1-8,11,13-14H2,(H,27,33)(H,28,29). The molecule has 2 aliphatic carbocycles. The fourth-order valence-corrected chi connectivity index (χ4v) is 5.64. The van der Waals surface area contributed by atoms with Gasteiger partial charge < -0.3 is 10.2 Å². The number of nitrogens with zero attached hydrogens (tertiary/aromatic N) is 3. The Morgan fingerprint density at radius 2 is 1.88 bits per heavy atom. The van der Waals surface area contributed by atoms with Gasteiger partial charge in [0.05, 0.1) is 18.3 Å². The van der Waals surface area contributed by atoms with E-state index in [9.17, 15) is 18.4 Å². The van der Waals surface area contributed by atoms with Gasteiger partial charge in [-0.2, -0.15) is 5.10 Å². The molecule has 1 saturated heterocycles. The van der Waals surface area contributed by atoms with Crippen LogP contribution in [0, 0.1) is 11.3 Å². The van der Waals surface area contributed by atoms with Crippen LogP contribution < -0.4 is 5.32 Å². The van der Waals surface area contributed by atoms with Gasteiger partial charge in [-0.15, -0.1) is 0 Å². The highest BCUT2D eigenvalue weighted by molar-refractivity contribution is 6.31.